The molecule has 1 aromatic rings. The van der Waals surface area contributed by atoms with Crippen LogP contribution in [-0.4, -0.2) is 40.7 Å². The Labute approximate surface area is 132 Å². The first-order chi connectivity index (χ1) is 10.8. The maximum Gasteiger partial charge on any atom is 0.327 e. The van der Waals surface area contributed by atoms with Gasteiger partial charge in [0.2, 0.25) is 0 Å². The molecule has 0 aliphatic carbocycles. The van der Waals surface area contributed by atoms with Gasteiger partial charge in [-0.1, -0.05) is 12.1 Å². The Morgan fingerprint density at radius 1 is 1.43 bits per heavy atom. The van der Waals surface area contributed by atoms with Gasteiger partial charge in [-0.05, 0) is 20.8 Å². The number of hydrogen-bond donors (Lipinski definition) is 0. The van der Waals surface area contributed by atoms with Gasteiger partial charge in [0.25, 0.3) is 11.6 Å². The quantitative estimate of drug-likeness (QED) is 0.467. The number of benzene rings is 1. The van der Waals surface area contributed by atoms with E-state index in [1.165, 1.54) is 18.2 Å². The number of nitrogens with zero attached hydrogens (tertiary/aromatic N) is 3. The molecule has 0 bridgehead atoms. The summed E-state index contributed by atoms with van der Waals surface area (Å²) in [5.41, 5.74) is -0.210. The Morgan fingerprint density at radius 3 is 2.74 bits per heavy atom. The highest BCUT2D eigenvalue weighted by Crippen LogP contribution is 2.32. The second-order valence-corrected chi connectivity index (χ2v) is 5.55. The van der Waals surface area contributed by atoms with Gasteiger partial charge in [-0.15, -0.1) is 0 Å². The minimum atomic E-state index is -0.984. The first-order valence-electron chi connectivity index (χ1n) is 7.09. The highest BCUT2D eigenvalue weighted by Gasteiger charge is 2.44. The number of amides is 1. The van der Waals surface area contributed by atoms with Crippen LogP contribution >= 0.6 is 0 Å². The molecule has 1 heterocycles. The largest absolute Gasteiger partial charge is 0.465 e. The average molecular weight is 319 g/mol. The van der Waals surface area contributed by atoms with Crippen LogP contribution in [0.4, 0.5) is 5.69 Å². The van der Waals surface area contributed by atoms with Crippen LogP contribution in [-0.2, 0) is 14.3 Å². The monoisotopic (exact) mass is 319 g/mol. The zero-order valence-corrected chi connectivity index (χ0v) is 13.1. The van der Waals surface area contributed by atoms with E-state index in [1.807, 2.05) is 0 Å². The third-order valence-corrected chi connectivity index (χ3v) is 3.50. The van der Waals surface area contributed by atoms with E-state index in [-0.39, 0.29) is 24.7 Å². The normalized spacial score (nSPS) is 16.2. The van der Waals surface area contributed by atoms with Crippen molar-refractivity contribution in [3.8, 4) is 0 Å². The number of esters is 1. The summed E-state index contributed by atoms with van der Waals surface area (Å²) in [6, 6.07) is 5.91. The average Bonchev–Trinajstić information content (AvgIpc) is 2.71. The fourth-order valence-electron chi connectivity index (χ4n) is 2.34. The molecule has 1 aromatic carbocycles. The second kappa shape index (κ2) is 6.15. The summed E-state index contributed by atoms with van der Waals surface area (Å²) in [7, 11) is 0. The number of rotatable bonds is 5. The summed E-state index contributed by atoms with van der Waals surface area (Å²) < 4.78 is 4.82. The number of nitro benzene ring substituents is 1. The van der Waals surface area contributed by atoms with Crippen LogP contribution < -0.4 is 0 Å². The Balaban J connectivity index is 2.36. The first kappa shape index (κ1) is 16.6. The molecule has 8 nitrogen and oxygen atoms in total. The smallest absolute Gasteiger partial charge is 0.327 e. The lowest BCUT2D eigenvalue weighted by atomic mass is 9.83. The fourth-order valence-corrected chi connectivity index (χ4v) is 2.34. The van der Waals surface area contributed by atoms with Crippen molar-refractivity contribution in [2.75, 3.05) is 13.2 Å². The standard InChI is InChI=1S/C15H17N3O5/c1-4-23-12(19)9-17-14(20)15(2,3)13(16-17)10-6-5-7-11(8-10)18(21)22/h5-8H,4,9H2,1-3H3. The lowest BCUT2D eigenvalue weighted by Crippen LogP contribution is -2.37. The summed E-state index contributed by atoms with van der Waals surface area (Å²) >= 11 is 0. The van der Waals surface area contributed by atoms with Crippen molar-refractivity contribution in [3.63, 3.8) is 0 Å². The zero-order valence-electron chi connectivity index (χ0n) is 13.1. The lowest BCUT2D eigenvalue weighted by Gasteiger charge is -2.19. The number of carbonyl (C=O) groups is 2. The molecule has 23 heavy (non-hydrogen) atoms. The van der Waals surface area contributed by atoms with E-state index in [2.05, 4.69) is 5.10 Å². The predicted octanol–water partition coefficient (Wildman–Crippen LogP) is 1.73. The van der Waals surface area contributed by atoms with E-state index in [1.54, 1.807) is 26.8 Å². The summed E-state index contributed by atoms with van der Waals surface area (Å²) in [4.78, 5) is 34.4. The van der Waals surface area contributed by atoms with Crippen molar-refractivity contribution in [1.29, 1.82) is 0 Å². The predicted molar refractivity (Wildman–Crippen MR) is 81.8 cm³/mol. The van der Waals surface area contributed by atoms with Gasteiger partial charge in [0.1, 0.15) is 6.54 Å². The van der Waals surface area contributed by atoms with Crippen LogP contribution in [0.3, 0.4) is 0 Å². The maximum atomic E-state index is 12.4. The summed E-state index contributed by atoms with van der Waals surface area (Å²) in [5, 5.41) is 16.1. The summed E-state index contributed by atoms with van der Waals surface area (Å²) in [5.74, 6) is -0.909. The van der Waals surface area contributed by atoms with Crippen LogP contribution in [0.25, 0.3) is 0 Å². The minimum absolute atomic E-state index is 0.0858. The van der Waals surface area contributed by atoms with Crippen LogP contribution in [0, 0.1) is 15.5 Å². The Morgan fingerprint density at radius 2 is 2.13 bits per heavy atom. The van der Waals surface area contributed by atoms with Gasteiger partial charge < -0.3 is 4.74 Å². The Hall–Kier alpha value is -2.77. The van der Waals surface area contributed by atoms with Crippen molar-refractivity contribution in [2.24, 2.45) is 10.5 Å². The van der Waals surface area contributed by atoms with Crippen LogP contribution in [0.2, 0.25) is 0 Å². The van der Waals surface area contributed by atoms with E-state index in [4.69, 9.17) is 4.74 Å². The van der Waals surface area contributed by atoms with Crippen molar-refractivity contribution >= 4 is 23.3 Å². The molecular weight excluding hydrogens is 302 g/mol. The molecule has 0 saturated carbocycles. The lowest BCUT2D eigenvalue weighted by molar-refractivity contribution is -0.384. The Bertz CT molecular complexity index is 696. The summed E-state index contributed by atoms with van der Waals surface area (Å²) in [6.07, 6.45) is 0. The van der Waals surface area contributed by atoms with E-state index in [0.717, 1.165) is 5.01 Å². The SMILES string of the molecule is CCOC(=O)CN1N=C(c2cccc([N+](=O)[O-])c2)C(C)(C)C1=O. The molecule has 0 atom stereocenters. The molecule has 0 saturated heterocycles. The number of non-ortho nitro benzene ring substituents is 1. The molecular formula is C15H17N3O5. The van der Waals surface area contributed by atoms with Crippen molar-refractivity contribution in [1.82, 2.24) is 5.01 Å². The van der Waals surface area contributed by atoms with Crippen molar-refractivity contribution in [3.05, 3.63) is 39.9 Å². The number of carbonyl (C=O) groups excluding carboxylic acids is 2. The molecule has 1 amide bonds. The molecule has 2 rings (SSSR count). The minimum Gasteiger partial charge on any atom is -0.465 e. The fraction of sp³-hybridized carbons (Fsp3) is 0.400. The van der Waals surface area contributed by atoms with Gasteiger partial charge in [-0.25, -0.2) is 5.01 Å². The van der Waals surface area contributed by atoms with Crippen LogP contribution in [0.1, 0.15) is 26.3 Å². The number of hydrazone groups is 1. The molecule has 8 heteroatoms. The third-order valence-electron chi connectivity index (χ3n) is 3.50. The molecule has 0 N–H and O–H groups in total. The highest BCUT2D eigenvalue weighted by molar-refractivity contribution is 6.19. The van der Waals surface area contributed by atoms with E-state index in [0.29, 0.717) is 11.3 Å². The first-order valence-corrected chi connectivity index (χ1v) is 7.09. The van der Waals surface area contributed by atoms with Gasteiger partial charge >= 0.3 is 5.97 Å². The van der Waals surface area contributed by atoms with Crippen molar-refractivity contribution in [2.45, 2.75) is 20.8 Å². The Kier molecular flexibility index (Phi) is 4.44. The van der Waals surface area contributed by atoms with Gasteiger partial charge in [0.15, 0.2) is 0 Å². The van der Waals surface area contributed by atoms with Gasteiger partial charge in [0, 0.05) is 17.7 Å². The number of ether oxygens (including phenoxy) is 1. The van der Waals surface area contributed by atoms with Crippen LogP contribution in [0.15, 0.2) is 29.4 Å². The molecule has 0 fully saturated rings. The molecule has 0 spiro atoms. The third kappa shape index (κ3) is 3.20. The topological polar surface area (TPSA) is 102 Å². The number of hydrogen-bond acceptors (Lipinski definition) is 6. The molecule has 0 aromatic heterocycles. The van der Waals surface area contributed by atoms with E-state index in [9.17, 15) is 19.7 Å². The molecule has 0 radical (unpaired) electrons. The van der Waals surface area contributed by atoms with Crippen LogP contribution in [0.5, 0.6) is 0 Å². The van der Waals surface area contributed by atoms with Gasteiger partial charge in [-0.2, -0.15) is 5.10 Å². The molecule has 1 aliphatic heterocycles. The second-order valence-electron chi connectivity index (χ2n) is 5.55. The molecule has 1 aliphatic rings. The molecule has 0 unspecified atom stereocenters. The summed E-state index contributed by atoms with van der Waals surface area (Å²) in [6.45, 7) is 4.93. The van der Waals surface area contributed by atoms with E-state index < -0.39 is 16.3 Å². The number of nitro groups is 1. The van der Waals surface area contributed by atoms with Gasteiger partial charge in [0.05, 0.1) is 22.7 Å². The van der Waals surface area contributed by atoms with Crippen molar-refractivity contribution < 1.29 is 19.2 Å². The van der Waals surface area contributed by atoms with Gasteiger partial charge in [-0.3, -0.25) is 19.7 Å². The zero-order chi connectivity index (χ0) is 17.2. The maximum absolute atomic E-state index is 12.4. The molecule has 122 valence electrons. The highest BCUT2D eigenvalue weighted by atomic mass is 16.6. The van der Waals surface area contributed by atoms with E-state index >= 15 is 0 Å².